The highest BCUT2D eigenvalue weighted by molar-refractivity contribution is 6.02. The maximum absolute atomic E-state index is 12.4. The molecule has 0 bridgehead atoms. The van der Waals surface area contributed by atoms with Crippen LogP contribution in [0.3, 0.4) is 0 Å². The Morgan fingerprint density at radius 3 is 2.62 bits per heavy atom. The molecule has 0 aliphatic heterocycles. The van der Waals surface area contributed by atoms with Crippen molar-refractivity contribution in [3.05, 3.63) is 65.9 Å². The van der Waals surface area contributed by atoms with Crippen LogP contribution in [0.2, 0.25) is 0 Å². The summed E-state index contributed by atoms with van der Waals surface area (Å²) >= 11 is 0. The van der Waals surface area contributed by atoms with Gasteiger partial charge in [-0.25, -0.2) is 9.78 Å². The maximum atomic E-state index is 12.4. The molecule has 2 N–H and O–H groups in total. The monoisotopic (exact) mass is 343 g/mol. The molecule has 0 spiro atoms. The summed E-state index contributed by atoms with van der Waals surface area (Å²) < 4.78 is 0. The summed E-state index contributed by atoms with van der Waals surface area (Å²) in [6.07, 6.45) is 12.2. The Hall–Kier alpha value is -3.72. The van der Waals surface area contributed by atoms with Gasteiger partial charge >= 0.3 is 6.03 Å². The molecular weight excluding hydrogens is 326 g/mol. The fourth-order valence-corrected chi connectivity index (χ4v) is 2.51. The lowest BCUT2D eigenvalue weighted by atomic mass is 9.98. The lowest BCUT2D eigenvalue weighted by Crippen LogP contribution is -2.20. The molecule has 0 saturated heterocycles. The summed E-state index contributed by atoms with van der Waals surface area (Å²) in [7, 11) is 0. The van der Waals surface area contributed by atoms with Crippen LogP contribution in [0.4, 0.5) is 16.3 Å². The molecule has 6 nitrogen and oxygen atoms in total. The van der Waals surface area contributed by atoms with Crippen molar-refractivity contribution >= 4 is 17.5 Å². The number of benzene rings is 1. The molecule has 26 heavy (non-hydrogen) atoms. The molecule has 0 saturated carbocycles. The first kappa shape index (κ1) is 17.1. The second kappa shape index (κ2) is 7.45. The third-order valence-electron chi connectivity index (χ3n) is 3.65. The number of amides is 2. The average Bonchev–Trinajstić information content (AvgIpc) is 2.63. The highest BCUT2D eigenvalue weighted by Gasteiger charge is 2.13. The lowest BCUT2D eigenvalue weighted by Gasteiger charge is -2.14. The number of carbonyl (C=O) groups excluding carboxylic acids is 1. The van der Waals surface area contributed by atoms with Crippen molar-refractivity contribution in [2.45, 2.75) is 13.8 Å². The lowest BCUT2D eigenvalue weighted by molar-refractivity contribution is 0.262. The first-order chi connectivity index (χ1) is 12.6. The van der Waals surface area contributed by atoms with E-state index in [0.717, 1.165) is 22.4 Å². The molecule has 3 aromatic rings. The Labute approximate surface area is 151 Å². The summed E-state index contributed by atoms with van der Waals surface area (Å²) in [6.45, 7) is 3.77. The number of urea groups is 1. The molecule has 128 valence electrons. The average molecular weight is 343 g/mol. The van der Waals surface area contributed by atoms with Gasteiger partial charge in [-0.2, -0.15) is 0 Å². The molecule has 0 fully saturated rings. The molecule has 1 aromatic carbocycles. The number of aromatic nitrogens is 3. The van der Waals surface area contributed by atoms with Crippen LogP contribution in [0, 0.1) is 26.2 Å². The summed E-state index contributed by atoms with van der Waals surface area (Å²) in [5.41, 5.74) is 4.61. The van der Waals surface area contributed by atoms with Crippen LogP contribution in [0.25, 0.3) is 11.1 Å². The Morgan fingerprint density at radius 1 is 1.08 bits per heavy atom. The van der Waals surface area contributed by atoms with Gasteiger partial charge in [-0.05, 0) is 37.6 Å². The van der Waals surface area contributed by atoms with Crippen molar-refractivity contribution in [3.63, 3.8) is 0 Å². The number of rotatable bonds is 3. The minimum atomic E-state index is -0.431. The van der Waals surface area contributed by atoms with Crippen molar-refractivity contribution in [3.8, 4) is 23.5 Å². The Morgan fingerprint density at radius 2 is 1.92 bits per heavy atom. The smallest absolute Gasteiger partial charge is 0.307 e. The van der Waals surface area contributed by atoms with Crippen LogP contribution in [0.5, 0.6) is 0 Å². The summed E-state index contributed by atoms with van der Waals surface area (Å²) in [5, 5.41) is 5.48. The van der Waals surface area contributed by atoms with Gasteiger partial charge in [0.2, 0.25) is 0 Å². The number of aryl methyl sites for hydroxylation is 2. The Balaban J connectivity index is 1.91. The van der Waals surface area contributed by atoms with Gasteiger partial charge in [0.15, 0.2) is 5.82 Å². The van der Waals surface area contributed by atoms with Gasteiger partial charge < -0.3 is 5.32 Å². The SMILES string of the molecule is C#Cc1cccc(NC(=O)Nc2cnc(C)cn2)c1-c1cncc(C)c1. The van der Waals surface area contributed by atoms with Gasteiger partial charge in [0.25, 0.3) is 0 Å². The van der Waals surface area contributed by atoms with Crippen LogP contribution in [0.1, 0.15) is 16.8 Å². The molecule has 3 rings (SSSR count). The summed E-state index contributed by atoms with van der Waals surface area (Å²) in [6, 6.07) is 6.95. The number of terminal acetylenes is 1. The predicted molar refractivity (Wildman–Crippen MR) is 102 cm³/mol. The number of nitrogens with zero attached hydrogens (tertiary/aromatic N) is 3. The molecule has 0 radical (unpaired) electrons. The summed E-state index contributed by atoms with van der Waals surface area (Å²) in [5.74, 6) is 3.02. The number of hydrogen-bond donors (Lipinski definition) is 2. The van der Waals surface area contributed by atoms with E-state index in [1.54, 1.807) is 30.7 Å². The van der Waals surface area contributed by atoms with E-state index in [4.69, 9.17) is 6.42 Å². The third-order valence-corrected chi connectivity index (χ3v) is 3.65. The zero-order chi connectivity index (χ0) is 18.5. The fraction of sp³-hybridized carbons (Fsp3) is 0.100. The molecule has 2 heterocycles. The number of nitrogens with one attached hydrogen (secondary N) is 2. The molecule has 6 heteroatoms. The largest absolute Gasteiger partial charge is 0.324 e. The maximum Gasteiger partial charge on any atom is 0.324 e. The van der Waals surface area contributed by atoms with Crippen molar-refractivity contribution < 1.29 is 4.79 Å². The second-order valence-electron chi connectivity index (χ2n) is 5.75. The molecule has 2 aromatic heterocycles. The molecular formula is C20H17N5O. The van der Waals surface area contributed by atoms with Crippen molar-refractivity contribution in [1.82, 2.24) is 15.0 Å². The molecule has 0 atom stereocenters. The topological polar surface area (TPSA) is 79.8 Å². The minimum absolute atomic E-state index is 0.361. The van der Waals surface area contributed by atoms with Crippen LogP contribution in [0.15, 0.2) is 49.1 Å². The van der Waals surface area contributed by atoms with Crippen LogP contribution < -0.4 is 10.6 Å². The van der Waals surface area contributed by atoms with E-state index in [1.165, 1.54) is 6.20 Å². The Kier molecular flexibility index (Phi) is 4.90. The first-order valence-electron chi connectivity index (χ1n) is 7.95. The van der Waals surface area contributed by atoms with E-state index in [0.29, 0.717) is 17.1 Å². The van der Waals surface area contributed by atoms with Gasteiger partial charge in [0, 0.05) is 29.1 Å². The fourth-order valence-electron chi connectivity index (χ4n) is 2.51. The van der Waals surface area contributed by atoms with E-state index in [9.17, 15) is 4.79 Å². The molecule has 0 aliphatic carbocycles. The van der Waals surface area contributed by atoms with E-state index < -0.39 is 6.03 Å². The number of pyridine rings is 1. The molecule has 0 aliphatic rings. The van der Waals surface area contributed by atoms with Gasteiger partial charge in [-0.1, -0.05) is 12.0 Å². The van der Waals surface area contributed by atoms with E-state index in [1.807, 2.05) is 26.0 Å². The van der Waals surface area contributed by atoms with Crippen molar-refractivity contribution in [2.24, 2.45) is 0 Å². The quantitative estimate of drug-likeness (QED) is 0.709. The second-order valence-corrected chi connectivity index (χ2v) is 5.75. The highest BCUT2D eigenvalue weighted by atomic mass is 16.2. The number of hydrogen-bond acceptors (Lipinski definition) is 4. The minimum Gasteiger partial charge on any atom is -0.307 e. The van der Waals surface area contributed by atoms with E-state index >= 15 is 0 Å². The highest BCUT2D eigenvalue weighted by Crippen LogP contribution is 2.31. The molecule has 2 amide bonds. The Bertz CT molecular complexity index is 990. The van der Waals surface area contributed by atoms with Gasteiger partial charge in [0.1, 0.15) is 0 Å². The van der Waals surface area contributed by atoms with Crippen LogP contribution in [-0.2, 0) is 0 Å². The number of anilines is 2. The van der Waals surface area contributed by atoms with Gasteiger partial charge in [-0.15, -0.1) is 6.42 Å². The third kappa shape index (κ3) is 3.84. The standard InChI is InChI=1S/C20H17N5O/c1-4-15-6-5-7-17(19(15)16-8-13(2)9-21-11-16)24-20(26)25-18-12-22-14(3)10-23-18/h1,5-12H,2-3H3,(H2,23,24,25,26). The zero-order valence-corrected chi connectivity index (χ0v) is 14.4. The summed E-state index contributed by atoms with van der Waals surface area (Å²) in [4.78, 5) is 24.8. The van der Waals surface area contributed by atoms with E-state index in [-0.39, 0.29) is 0 Å². The first-order valence-corrected chi connectivity index (χ1v) is 7.95. The van der Waals surface area contributed by atoms with Crippen LogP contribution >= 0.6 is 0 Å². The van der Waals surface area contributed by atoms with E-state index in [2.05, 4.69) is 31.5 Å². The van der Waals surface area contributed by atoms with Gasteiger partial charge in [0.05, 0.1) is 23.8 Å². The van der Waals surface area contributed by atoms with Crippen molar-refractivity contribution in [2.75, 3.05) is 10.6 Å². The van der Waals surface area contributed by atoms with Crippen molar-refractivity contribution in [1.29, 1.82) is 0 Å². The molecule has 0 unspecified atom stereocenters. The normalized spacial score (nSPS) is 10.0. The number of carbonyl (C=O) groups is 1. The predicted octanol–water partition coefficient (Wildman–Crippen LogP) is 3.78. The van der Waals surface area contributed by atoms with Gasteiger partial charge in [-0.3, -0.25) is 15.3 Å². The van der Waals surface area contributed by atoms with Crippen LogP contribution in [-0.4, -0.2) is 21.0 Å². The zero-order valence-electron chi connectivity index (χ0n) is 14.4.